The fourth-order valence-electron chi connectivity index (χ4n) is 3.61. The summed E-state index contributed by atoms with van der Waals surface area (Å²) >= 11 is 1.29. The Morgan fingerprint density at radius 3 is 2.89 bits per heavy atom. The molecule has 8 nitrogen and oxygen atoms in total. The number of rotatable bonds is 9. The molecule has 2 aliphatic rings. The highest BCUT2D eigenvalue weighted by Crippen LogP contribution is 2.34. The molecule has 2 amide bonds. The van der Waals surface area contributed by atoms with Gasteiger partial charge in [-0.05, 0) is 49.1 Å². The van der Waals surface area contributed by atoms with Crippen LogP contribution in [0.15, 0.2) is 47.8 Å². The number of amides is 2. The predicted octanol–water partition coefficient (Wildman–Crippen LogP) is 3.61. The van der Waals surface area contributed by atoms with E-state index in [1.165, 1.54) is 34.4 Å². The molecule has 1 N–H and O–H groups in total. The second-order valence-electron chi connectivity index (χ2n) is 8.40. The number of ketones is 1. The second kappa shape index (κ2) is 9.83. The highest BCUT2D eigenvalue weighted by molar-refractivity contribution is 7.09. The van der Waals surface area contributed by atoms with Crippen LogP contribution >= 0.6 is 11.3 Å². The van der Waals surface area contributed by atoms with E-state index < -0.39 is 5.82 Å². The van der Waals surface area contributed by atoms with Gasteiger partial charge in [-0.15, -0.1) is 11.3 Å². The van der Waals surface area contributed by atoms with Crippen LogP contribution in [0.25, 0.3) is 0 Å². The Bertz CT molecular complexity index is 1290. The summed E-state index contributed by atoms with van der Waals surface area (Å²) in [5.41, 5.74) is 1.08. The predicted molar refractivity (Wildman–Crippen MR) is 127 cm³/mol. The number of benzene rings is 2. The first-order chi connectivity index (χ1) is 17.0. The zero-order chi connectivity index (χ0) is 24.4. The molecule has 3 aromatic rings. The van der Waals surface area contributed by atoms with E-state index in [9.17, 15) is 18.8 Å². The molecule has 0 unspecified atom stereocenters. The fourth-order valence-corrected chi connectivity index (χ4v) is 4.37. The summed E-state index contributed by atoms with van der Waals surface area (Å²) in [6.07, 6.45) is 2.28. The molecule has 35 heavy (non-hydrogen) atoms. The topological polar surface area (TPSA) is 97.8 Å². The zero-order valence-electron chi connectivity index (χ0n) is 18.7. The van der Waals surface area contributed by atoms with Gasteiger partial charge in [-0.1, -0.05) is 6.07 Å². The van der Waals surface area contributed by atoms with Crippen LogP contribution in [0, 0.1) is 11.7 Å². The minimum Gasteiger partial charge on any atom is -0.485 e. The molecule has 0 radical (unpaired) electrons. The number of nitrogens with one attached hydrogen (secondary N) is 1. The lowest BCUT2D eigenvalue weighted by molar-refractivity contribution is -0.121. The van der Waals surface area contributed by atoms with Gasteiger partial charge >= 0.3 is 0 Å². The lowest BCUT2D eigenvalue weighted by Gasteiger charge is -2.29. The Labute approximate surface area is 204 Å². The molecule has 0 spiro atoms. The number of Topliss-reactive ketones (excluding diaryl/α,β-unsaturated/α-hetero) is 1. The maximum absolute atomic E-state index is 13.3. The van der Waals surface area contributed by atoms with Gasteiger partial charge in [0.15, 0.2) is 19.0 Å². The summed E-state index contributed by atoms with van der Waals surface area (Å²) in [6, 6.07) is 10.3. The standard InChI is InChI=1S/C25H22FN3O5S/c26-17-2-1-3-18(9-17)33-12-21(30)16-6-7-22-20(8-16)29(24(31)13-34-22)11-23-28-19(14-35-23)25(32)27-10-15-4-5-15/h1-3,6-9,14-15H,4-5,10-13H2,(H,27,32). The van der Waals surface area contributed by atoms with Gasteiger partial charge in [0.05, 0.1) is 12.2 Å². The molecule has 0 atom stereocenters. The van der Waals surface area contributed by atoms with Gasteiger partial charge in [0.25, 0.3) is 11.8 Å². The van der Waals surface area contributed by atoms with Gasteiger partial charge in [-0.2, -0.15) is 0 Å². The number of aromatic nitrogens is 1. The molecule has 2 heterocycles. The van der Waals surface area contributed by atoms with Crippen LogP contribution in [-0.4, -0.2) is 42.3 Å². The lowest BCUT2D eigenvalue weighted by atomic mass is 10.1. The van der Waals surface area contributed by atoms with E-state index in [0.29, 0.717) is 40.2 Å². The largest absolute Gasteiger partial charge is 0.485 e. The lowest BCUT2D eigenvalue weighted by Crippen LogP contribution is -2.38. The molecule has 0 bridgehead atoms. The Balaban J connectivity index is 1.29. The third-order valence-corrected chi connectivity index (χ3v) is 6.55. The van der Waals surface area contributed by atoms with Gasteiger partial charge in [-0.25, -0.2) is 9.37 Å². The van der Waals surface area contributed by atoms with Crippen LogP contribution in [0.3, 0.4) is 0 Å². The molecule has 0 saturated heterocycles. The number of hydrogen-bond donors (Lipinski definition) is 1. The molecule has 2 aromatic carbocycles. The number of nitrogens with zero attached hydrogens (tertiary/aromatic N) is 2. The third-order valence-electron chi connectivity index (χ3n) is 5.72. The average Bonchev–Trinajstić information content (AvgIpc) is 3.58. The van der Waals surface area contributed by atoms with E-state index in [1.807, 2.05) is 0 Å². The highest BCUT2D eigenvalue weighted by atomic mass is 32.1. The van der Waals surface area contributed by atoms with Gasteiger partial charge in [-0.3, -0.25) is 19.3 Å². The first kappa shape index (κ1) is 23.0. The van der Waals surface area contributed by atoms with E-state index in [-0.39, 0.29) is 43.1 Å². The number of carbonyl (C=O) groups is 3. The normalized spacial score (nSPS) is 14.8. The number of ether oxygens (including phenoxy) is 2. The number of hydrogen-bond acceptors (Lipinski definition) is 7. The molecule has 5 rings (SSSR count). The van der Waals surface area contributed by atoms with Crippen molar-refractivity contribution in [2.75, 3.05) is 24.7 Å². The number of anilines is 1. The van der Waals surface area contributed by atoms with E-state index in [1.54, 1.807) is 29.6 Å². The molecule has 1 saturated carbocycles. The average molecular weight is 496 g/mol. The quantitative estimate of drug-likeness (QED) is 0.456. The van der Waals surface area contributed by atoms with Crippen LogP contribution in [0.4, 0.5) is 10.1 Å². The Morgan fingerprint density at radius 2 is 2.09 bits per heavy atom. The van der Waals surface area contributed by atoms with Gasteiger partial charge in [0.1, 0.15) is 28.0 Å². The van der Waals surface area contributed by atoms with Crippen molar-refractivity contribution in [3.8, 4) is 11.5 Å². The van der Waals surface area contributed by atoms with Crippen molar-refractivity contribution in [1.29, 1.82) is 0 Å². The van der Waals surface area contributed by atoms with Gasteiger partial charge < -0.3 is 14.8 Å². The summed E-state index contributed by atoms with van der Waals surface area (Å²) in [7, 11) is 0. The maximum Gasteiger partial charge on any atom is 0.270 e. The smallest absolute Gasteiger partial charge is 0.270 e. The summed E-state index contributed by atoms with van der Waals surface area (Å²) in [4.78, 5) is 43.6. The summed E-state index contributed by atoms with van der Waals surface area (Å²) in [6.45, 7) is 0.375. The summed E-state index contributed by atoms with van der Waals surface area (Å²) in [5, 5.41) is 5.15. The molecule has 1 aromatic heterocycles. The number of fused-ring (bicyclic) bond motifs is 1. The first-order valence-corrected chi connectivity index (χ1v) is 12.1. The number of halogens is 1. The Kier molecular flexibility index (Phi) is 6.45. The minimum atomic E-state index is -0.458. The van der Waals surface area contributed by atoms with E-state index in [2.05, 4.69) is 10.3 Å². The first-order valence-electron chi connectivity index (χ1n) is 11.2. The molecular weight excluding hydrogens is 473 g/mol. The van der Waals surface area contributed by atoms with Crippen LogP contribution < -0.4 is 19.7 Å². The van der Waals surface area contributed by atoms with Gasteiger partial charge in [0.2, 0.25) is 0 Å². The van der Waals surface area contributed by atoms with Gasteiger partial charge in [0, 0.05) is 23.6 Å². The fraction of sp³-hybridized carbons (Fsp3) is 0.280. The number of carbonyl (C=O) groups excluding carboxylic acids is 3. The summed E-state index contributed by atoms with van der Waals surface area (Å²) < 4.78 is 24.3. The third kappa shape index (κ3) is 5.48. The molecule has 1 aliphatic heterocycles. The second-order valence-corrected chi connectivity index (χ2v) is 9.34. The van der Waals surface area contributed by atoms with Crippen LogP contribution in [0.2, 0.25) is 0 Å². The Morgan fingerprint density at radius 1 is 1.23 bits per heavy atom. The molecular formula is C25H22FN3O5S. The van der Waals surface area contributed by atoms with Crippen molar-refractivity contribution in [2.45, 2.75) is 19.4 Å². The van der Waals surface area contributed by atoms with Crippen molar-refractivity contribution in [1.82, 2.24) is 10.3 Å². The van der Waals surface area contributed by atoms with Crippen molar-refractivity contribution in [3.05, 3.63) is 69.9 Å². The minimum absolute atomic E-state index is 0.136. The summed E-state index contributed by atoms with van der Waals surface area (Å²) in [5.74, 6) is -0.0222. The monoisotopic (exact) mass is 495 g/mol. The van der Waals surface area contributed by atoms with E-state index >= 15 is 0 Å². The molecule has 180 valence electrons. The molecule has 10 heteroatoms. The van der Waals surface area contributed by atoms with E-state index in [4.69, 9.17) is 9.47 Å². The zero-order valence-corrected chi connectivity index (χ0v) is 19.5. The number of thiazole rings is 1. The van der Waals surface area contributed by atoms with E-state index in [0.717, 1.165) is 12.8 Å². The SMILES string of the molecule is O=C(COc1cccc(F)c1)c1ccc2c(c1)N(Cc1nc(C(=O)NCC3CC3)cs1)C(=O)CO2. The van der Waals surface area contributed by atoms with Crippen LogP contribution in [-0.2, 0) is 11.3 Å². The highest BCUT2D eigenvalue weighted by Gasteiger charge is 2.28. The van der Waals surface area contributed by atoms with Crippen LogP contribution in [0.5, 0.6) is 11.5 Å². The molecule has 1 aliphatic carbocycles. The maximum atomic E-state index is 13.3. The Hall–Kier alpha value is -3.79. The van der Waals surface area contributed by atoms with Crippen molar-refractivity contribution in [2.24, 2.45) is 5.92 Å². The van der Waals surface area contributed by atoms with Crippen molar-refractivity contribution in [3.63, 3.8) is 0 Å². The molecule has 1 fully saturated rings. The van der Waals surface area contributed by atoms with Crippen molar-refractivity contribution < 1.29 is 28.2 Å². The van der Waals surface area contributed by atoms with Crippen molar-refractivity contribution >= 4 is 34.6 Å². The van der Waals surface area contributed by atoms with Crippen LogP contribution in [0.1, 0.15) is 38.7 Å².